The maximum atomic E-state index is 11.4. The van der Waals surface area contributed by atoms with Crippen molar-refractivity contribution in [3.8, 4) is 5.30 Å². The molecular weight excluding hydrogens is 469 g/mol. The summed E-state index contributed by atoms with van der Waals surface area (Å²) in [4.78, 5) is 0.357. The molecular formula is C18H11K2O5PS2. The minimum Gasteiger partial charge on any atom is -0.744 e. The predicted molar refractivity (Wildman–Crippen MR) is 100 cm³/mol. The van der Waals surface area contributed by atoms with E-state index in [1.165, 1.54) is 12.1 Å². The van der Waals surface area contributed by atoms with Gasteiger partial charge in [0.25, 0.3) is 0 Å². The molecule has 132 valence electrons. The summed E-state index contributed by atoms with van der Waals surface area (Å²) in [6, 6.07) is 20.0. The summed E-state index contributed by atoms with van der Waals surface area (Å²) < 4.78 is 38.2. The van der Waals surface area contributed by atoms with Crippen LogP contribution in [0.4, 0.5) is 0 Å². The fourth-order valence-corrected chi connectivity index (χ4v) is 6.53. The second-order valence-electron chi connectivity index (χ2n) is 5.63. The van der Waals surface area contributed by atoms with Gasteiger partial charge in [0.15, 0.2) is 0 Å². The average Bonchev–Trinajstić information content (AvgIpc) is 2.95. The number of benzene rings is 3. The van der Waals surface area contributed by atoms with Gasteiger partial charge in [0.1, 0.15) is 10.1 Å². The van der Waals surface area contributed by atoms with E-state index in [0.29, 0.717) is 22.3 Å². The van der Waals surface area contributed by atoms with Gasteiger partial charge in [-0.2, -0.15) is 0 Å². The van der Waals surface area contributed by atoms with Crippen LogP contribution in [0.25, 0.3) is 26.3 Å². The van der Waals surface area contributed by atoms with E-state index >= 15 is 0 Å². The topological polar surface area (TPSA) is 89.5 Å². The average molecular weight is 481 g/mol. The van der Waals surface area contributed by atoms with Crippen molar-refractivity contribution in [1.29, 1.82) is 0 Å². The van der Waals surface area contributed by atoms with E-state index in [1.54, 1.807) is 18.2 Å². The first-order valence-corrected chi connectivity index (χ1v) is 11.0. The van der Waals surface area contributed by atoms with Crippen molar-refractivity contribution in [2.75, 3.05) is 0 Å². The summed E-state index contributed by atoms with van der Waals surface area (Å²) in [5.41, 5.74) is 0. The molecule has 28 heavy (non-hydrogen) atoms. The maximum absolute atomic E-state index is 11.4. The van der Waals surface area contributed by atoms with Gasteiger partial charge in [-0.05, 0) is 52.5 Å². The van der Waals surface area contributed by atoms with E-state index in [1.807, 2.05) is 36.4 Å². The van der Waals surface area contributed by atoms with Crippen molar-refractivity contribution in [2.24, 2.45) is 0 Å². The molecule has 4 aromatic rings. The van der Waals surface area contributed by atoms with Crippen LogP contribution in [-0.2, 0) is 14.5 Å². The van der Waals surface area contributed by atoms with Crippen molar-refractivity contribution >= 4 is 50.7 Å². The van der Waals surface area contributed by atoms with Crippen molar-refractivity contribution < 1.29 is 125 Å². The van der Waals surface area contributed by atoms with E-state index in [-0.39, 0.29) is 108 Å². The van der Waals surface area contributed by atoms with Gasteiger partial charge < -0.3 is 14.1 Å². The van der Waals surface area contributed by atoms with Crippen LogP contribution in [0.2, 0.25) is 0 Å². The Morgan fingerprint density at radius 3 is 2.07 bits per heavy atom. The number of fused-ring (bicyclic) bond motifs is 3. The molecule has 0 fully saturated rings. The first-order chi connectivity index (χ1) is 12.5. The Labute approximate surface area is 253 Å². The van der Waals surface area contributed by atoms with Crippen molar-refractivity contribution in [3.05, 3.63) is 66.7 Å². The van der Waals surface area contributed by atoms with Gasteiger partial charge >= 0.3 is 103 Å². The summed E-state index contributed by atoms with van der Waals surface area (Å²) in [5, 5.41) is 15.2. The van der Waals surface area contributed by atoms with Gasteiger partial charge in [-0.3, -0.25) is 0 Å². The molecule has 0 radical (unpaired) electrons. The van der Waals surface area contributed by atoms with E-state index in [0.717, 1.165) is 20.9 Å². The Kier molecular flexibility index (Phi) is 9.92. The monoisotopic (exact) mass is 480 g/mol. The van der Waals surface area contributed by atoms with Crippen LogP contribution in [0.15, 0.2) is 76.5 Å². The van der Waals surface area contributed by atoms with Gasteiger partial charge in [0.05, 0.1) is 4.90 Å². The molecule has 0 amide bonds. The zero-order chi connectivity index (χ0) is 18.3. The van der Waals surface area contributed by atoms with Crippen molar-refractivity contribution in [2.45, 2.75) is 9.79 Å². The minimum atomic E-state index is -4.55. The Hall–Kier alpha value is 1.41. The Bertz CT molecular complexity index is 1230. The van der Waals surface area contributed by atoms with Crippen molar-refractivity contribution in [3.63, 3.8) is 0 Å². The molecule has 0 aliphatic carbocycles. The molecule has 1 heterocycles. The summed E-state index contributed by atoms with van der Waals surface area (Å²) in [5.74, 6) is 0. The molecule has 3 aromatic carbocycles. The smallest absolute Gasteiger partial charge is 0.744 e. The van der Waals surface area contributed by atoms with E-state index in [2.05, 4.69) is 4.33 Å². The second-order valence-corrected chi connectivity index (χ2v) is 9.94. The van der Waals surface area contributed by atoms with E-state index in [4.69, 9.17) is 0 Å². The van der Waals surface area contributed by atoms with Crippen LogP contribution >= 0.6 is 19.6 Å². The van der Waals surface area contributed by atoms with Crippen LogP contribution in [0.5, 0.6) is 0 Å². The Balaban J connectivity index is 0.00000140. The minimum absolute atomic E-state index is 0. The molecule has 4 rings (SSSR count). The van der Waals surface area contributed by atoms with Crippen LogP contribution < -0.4 is 108 Å². The van der Waals surface area contributed by atoms with Gasteiger partial charge in [-0.25, -0.2) is 8.42 Å². The van der Waals surface area contributed by atoms with Crippen LogP contribution in [0, 0.1) is 0 Å². The third kappa shape index (κ3) is 5.24. The molecule has 0 saturated heterocycles. The summed E-state index contributed by atoms with van der Waals surface area (Å²) >= 11 is 0.694. The first-order valence-electron chi connectivity index (χ1n) is 7.55. The fourth-order valence-electron chi connectivity index (χ4n) is 3.08. The molecule has 10 heteroatoms. The molecule has 1 aromatic heterocycles. The second kappa shape index (κ2) is 10.8. The molecule has 0 N–H and O–H groups in total. The number of hydrogen-bond acceptors (Lipinski definition) is 6. The number of hydrogen-bond donors (Lipinski definition) is 0. The Morgan fingerprint density at radius 2 is 1.46 bits per heavy atom. The zero-order valence-corrected chi connectivity index (χ0v) is 23.9. The SMILES string of the molecule is O=S(=O)([O-])c1ccc2c(c1)c1cc(SO[O-])ccc1p2-c1ccccc1.[K+].[K+]. The third-order valence-electron chi connectivity index (χ3n) is 4.14. The van der Waals surface area contributed by atoms with Gasteiger partial charge in [-0.15, -0.1) is 0 Å². The summed E-state index contributed by atoms with van der Waals surface area (Å²) in [6.45, 7) is 0. The number of rotatable bonds is 4. The van der Waals surface area contributed by atoms with E-state index in [9.17, 15) is 18.2 Å². The fraction of sp³-hybridized carbons (Fsp3) is 0. The summed E-state index contributed by atoms with van der Waals surface area (Å²) in [6.07, 6.45) is 0. The largest absolute Gasteiger partial charge is 1.00 e. The maximum Gasteiger partial charge on any atom is 1.00 e. The standard InChI is InChI=1S/C18H13O5PS2.2K/c19-23-25-13-6-8-17-15(10-13)16-11-14(26(20,21)22)7-9-18(16)24(17)12-4-2-1-3-5-12;;/h1-11,19H,(H,20,21,22);;/q;2*+1/p-2. The molecule has 0 aliphatic heterocycles. The zero-order valence-electron chi connectivity index (χ0n) is 15.2. The van der Waals surface area contributed by atoms with Crippen LogP contribution in [-0.4, -0.2) is 13.0 Å². The van der Waals surface area contributed by atoms with Gasteiger partial charge in [0.2, 0.25) is 0 Å². The quantitative estimate of drug-likeness (QED) is 0.112. The molecule has 0 saturated carbocycles. The predicted octanol–water partition coefficient (Wildman–Crippen LogP) is -1.82. The molecule has 1 unspecified atom stereocenters. The molecule has 1 atom stereocenters. The molecule has 5 nitrogen and oxygen atoms in total. The first kappa shape index (κ1) is 25.7. The normalized spacial score (nSPS) is 11.9. The molecule has 0 bridgehead atoms. The summed E-state index contributed by atoms with van der Waals surface area (Å²) in [7, 11) is -5.42. The third-order valence-corrected chi connectivity index (χ3v) is 8.05. The van der Waals surface area contributed by atoms with Crippen LogP contribution in [0.1, 0.15) is 0 Å². The van der Waals surface area contributed by atoms with Gasteiger partial charge in [0, 0.05) is 27.2 Å². The van der Waals surface area contributed by atoms with Crippen LogP contribution in [0.3, 0.4) is 0 Å². The molecule has 0 aliphatic rings. The van der Waals surface area contributed by atoms with Crippen molar-refractivity contribution in [1.82, 2.24) is 0 Å². The Morgan fingerprint density at radius 1 is 0.857 bits per heavy atom. The molecule has 0 spiro atoms. The van der Waals surface area contributed by atoms with E-state index < -0.39 is 17.7 Å². The van der Waals surface area contributed by atoms with Gasteiger partial charge in [-0.1, -0.05) is 37.9 Å².